The zero-order chi connectivity index (χ0) is 16.8. The lowest BCUT2D eigenvalue weighted by atomic mass is 10.1. The summed E-state index contributed by atoms with van der Waals surface area (Å²) in [6.07, 6.45) is 12.8. The zero-order valence-corrected chi connectivity index (χ0v) is 15.1. The molecule has 5 nitrogen and oxygen atoms in total. The molecule has 0 aliphatic rings. The van der Waals surface area contributed by atoms with Crippen LogP contribution in [0.3, 0.4) is 0 Å². The summed E-state index contributed by atoms with van der Waals surface area (Å²) in [5.41, 5.74) is 0. The van der Waals surface area contributed by atoms with Gasteiger partial charge in [-0.05, 0) is 19.3 Å². The van der Waals surface area contributed by atoms with Crippen molar-refractivity contribution in [1.29, 1.82) is 0 Å². The van der Waals surface area contributed by atoms with Crippen molar-refractivity contribution in [2.45, 2.75) is 71.6 Å². The van der Waals surface area contributed by atoms with E-state index in [-0.39, 0.29) is 0 Å². The van der Waals surface area contributed by atoms with E-state index in [4.69, 9.17) is 17.5 Å². The monoisotopic (exact) mass is 325 g/mol. The summed E-state index contributed by atoms with van der Waals surface area (Å²) in [7, 11) is -0.185. The maximum Gasteiger partial charge on any atom is 0.215 e. The van der Waals surface area contributed by atoms with Gasteiger partial charge < -0.3 is 9.04 Å². The molecule has 130 valence electrons. The number of nitrogens with zero attached hydrogens (tertiary/aromatic N) is 1. The Bertz CT molecular complexity index is 308. The first kappa shape index (κ1) is 23.1. The van der Waals surface area contributed by atoms with Crippen molar-refractivity contribution in [2.24, 2.45) is 0 Å². The Hall–Kier alpha value is -0.170. The highest BCUT2D eigenvalue weighted by Crippen LogP contribution is 2.10. The fraction of sp³-hybridized carbons (Fsp3) is 1.00. The van der Waals surface area contributed by atoms with E-state index < -0.39 is 10.4 Å². The third-order valence-corrected chi connectivity index (χ3v) is 3.45. The van der Waals surface area contributed by atoms with Crippen LogP contribution in [-0.4, -0.2) is 49.2 Å². The van der Waals surface area contributed by atoms with Crippen LogP contribution in [0.5, 0.6) is 0 Å². The van der Waals surface area contributed by atoms with Crippen molar-refractivity contribution in [3.05, 3.63) is 0 Å². The smallest absolute Gasteiger partial charge is 0.215 e. The minimum Gasteiger partial charge on any atom is -0.726 e. The van der Waals surface area contributed by atoms with Gasteiger partial charge in [-0.15, -0.1) is 0 Å². The average Bonchev–Trinajstić information content (AvgIpc) is 2.30. The van der Waals surface area contributed by atoms with Crippen LogP contribution in [0.15, 0.2) is 0 Å². The Morgan fingerprint density at radius 1 is 0.810 bits per heavy atom. The van der Waals surface area contributed by atoms with Crippen LogP contribution in [0.1, 0.15) is 71.6 Å². The average molecular weight is 326 g/mol. The molecule has 0 aromatic carbocycles. The van der Waals surface area contributed by atoms with E-state index in [0.29, 0.717) is 0 Å². The SMILES string of the molecule is CCCCCCCCCC[N+](C)(C)CCC.O=S(=O)([O-])O. The lowest BCUT2D eigenvalue weighted by molar-refractivity contribution is -0.890. The van der Waals surface area contributed by atoms with Crippen molar-refractivity contribution in [3.8, 4) is 0 Å². The van der Waals surface area contributed by atoms with E-state index in [9.17, 15) is 0 Å². The molecular formula is C15H35NO4S. The number of quaternary nitrogens is 1. The van der Waals surface area contributed by atoms with Gasteiger partial charge in [0.05, 0.1) is 27.2 Å². The topological polar surface area (TPSA) is 77.4 Å². The molecule has 0 aliphatic carbocycles. The fourth-order valence-corrected chi connectivity index (χ4v) is 2.39. The Morgan fingerprint density at radius 3 is 1.57 bits per heavy atom. The molecule has 0 radical (unpaired) electrons. The van der Waals surface area contributed by atoms with Crippen LogP contribution >= 0.6 is 0 Å². The predicted octanol–water partition coefficient (Wildman–Crippen LogP) is 3.62. The molecule has 0 aromatic heterocycles. The van der Waals surface area contributed by atoms with E-state index in [2.05, 4.69) is 27.9 Å². The standard InChI is InChI=1S/C15H34N.H2O4S/c1-5-7-8-9-10-11-12-13-15-16(3,4)14-6-2;1-5(2,3)4/h5-15H2,1-4H3;(H2,1,2,3,4)/q+1;/p-1. The van der Waals surface area contributed by atoms with Crippen molar-refractivity contribution in [3.63, 3.8) is 0 Å². The quantitative estimate of drug-likeness (QED) is 0.272. The van der Waals surface area contributed by atoms with E-state index in [1.807, 2.05) is 0 Å². The highest BCUT2D eigenvalue weighted by molar-refractivity contribution is 7.79. The van der Waals surface area contributed by atoms with Gasteiger partial charge in [-0.25, -0.2) is 8.42 Å². The van der Waals surface area contributed by atoms with Crippen LogP contribution in [-0.2, 0) is 10.4 Å². The first-order valence-corrected chi connectivity index (χ1v) is 9.49. The minimum absolute atomic E-state index is 1.21. The van der Waals surface area contributed by atoms with Gasteiger partial charge in [0.25, 0.3) is 0 Å². The summed E-state index contributed by atoms with van der Waals surface area (Å²) in [6, 6.07) is 0. The molecular weight excluding hydrogens is 290 g/mol. The maximum atomic E-state index is 8.63. The third-order valence-electron chi connectivity index (χ3n) is 3.45. The first-order chi connectivity index (χ1) is 9.62. The molecule has 6 heteroatoms. The fourth-order valence-electron chi connectivity index (χ4n) is 2.39. The second-order valence-corrected chi connectivity index (χ2v) is 7.14. The highest BCUT2D eigenvalue weighted by Gasteiger charge is 2.11. The molecule has 0 heterocycles. The maximum absolute atomic E-state index is 8.63. The summed E-state index contributed by atoms with van der Waals surface area (Å²) in [5, 5.41) is 0. The molecule has 0 fully saturated rings. The summed E-state index contributed by atoms with van der Waals surface area (Å²) < 4.78 is 34.0. The van der Waals surface area contributed by atoms with Crippen molar-refractivity contribution in [2.75, 3.05) is 27.2 Å². The molecule has 0 saturated carbocycles. The Balaban J connectivity index is 0. The van der Waals surface area contributed by atoms with E-state index >= 15 is 0 Å². The molecule has 0 atom stereocenters. The molecule has 0 unspecified atom stereocenters. The van der Waals surface area contributed by atoms with Crippen LogP contribution in [0.2, 0.25) is 0 Å². The Morgan fingerprint density at radius 2 is 1.19 bits per heavy atom. The van der Waals surface area contributed by atoms with Crippen LogP contribution in [0.4, 0.5) is 0 Å². The van der Waals surface area contributed by atoms with Gasteiger partial charge in [-0.3, -0.25) is 4.55 Å². The summed E-state index contributed by atoms with van der Waals surface area (Å²) in [4.78, 5) is 0. The molecule has 0 saturated heterocycles. The van der Waals surface area contributed by atoms with Crippen molar-refractivity contribution in [1.82, 2.24) is 0 Å². The molecule has 0 spiro atoms. The van der Waals surface area contributed by atoms with Gasteiger partial charge in [0, 0.05) is 0 Å². The largest absolute Gasteiger partial charge is 0.726 e. The summed E-state index contributed by atoms with van der Waals surface area (Å²) >= 11 is 0. The number of unbranched alkanes of at least 4 members (excludes halogenated alkanes) is 7. The van der Waals surface area contributed by atoms with E-state index in [1.165, 1.54) is 75.4 Å². The second-order valence-electron chi connectivity index (χ2n) is 6.29. The predicted molar refractivity (Wildman–Crippen MR) is 87.1 cm³/mol. The number of hydrogen-bond acceptors (Lipinski definition) is 3. The number of rotatable bonds is 11. The molecule has 0 aliphatic heterocycles. The van der Waals surface area contributed by atoms with Gasteiger partial charge in [0.15, 0.2) is 0 Å². The van der Waals surface area contributed by atoms with E-state index in [0.717, 1.165) is 0 Å². The Labute approximate surface area is 131 Å². The molecule has 0 aromatic rings. The lowest BCUT2D eigenvalue weighted by Crippen LogP contribution is -2.40. The molecule has 1 N–H and O–H groups in total. The van der Waals surface area contributed by atoms with Crippen LogP contribution in [0, 0.1) is 0 Å². The molecule has 0 rings (SSSR count). The zero-order valence-electron chi connectivity index (χ0n) is 14.3. The lowest BCUT2D eigenvalue weighted by Gasteiger charge is -2.29. The normalized spacial score (nSPS) is 11.9. The minimum atomic E-state index is -4.92. The van der Waals surface area contributed by atoms with Crippen molar-refractivity contribution < 1.29 is 22.0 Å². The molecule has 0 bridgehead atoms. The summed E-state index contributed by atoms with van der Waals surface area (Å²) in [6.45, 7) is 7.26. The van der Waals surface area contributed by atoms with Gasteiger partial charge in [0.1, 0.15) is 0 Å². The third kappa shape index (κ3) is 28.7. The highest BCUT2D eigenvalue weighted by atomic mass is 32.3. The van der Waals surface area contributed by atoms with Crippen molar-refractivity contribution >= 4 is 10.4 Å². The van der Waals surface area contributed by atoms with Gasteiger partial charge in [-0.2, -0.15) is 0 Å². The van der Waals surface area contributed by atoms with Crippen LogP contribution in [0.25, 0.3) is 0 Å². The second kappa shape index (κ2) is 13.5. The van der Waals surface area contributed by atoms with E-state index in [1.54, 1.807) is 0 Å². The van der Waals surface area contributed by atoms with Gasteiger partial charge in [0.2, 0.25) is 10.4 Å². The molecule has 21 heavy (non-hydrogen) atoms. The first-order valence-electron chi connectivity index (χ1n) is 8.12. The van der Waals surface area contributed by atoms with Crippen LogP contribution < -0.4 is 0 Å². The molecule has 0 amide bonds. The Kier molecular flexibility index (Phi) is 14.8. The number of hydrogen-bond donors (Lipinski definition) is 1. The van der Waals surface area contributed by atoms with Gasteiger partial charge >= 0.3 is 0 Å². The summed E-state index contributed by atoms with van der Waals surface area (Å²) in [5.74, 6) is 0. The van der Waals surface area contributed by atoms with Gasteiger partial charge in [-0.1, -0.05) is 52.4 Å².